The lowest BCUT2D eigenvalue weighted by Crippen LogP contribution is -2.41. The first-order chi connectivity index (χ1) is 14.8. The van der Waals surface area contributed by atoms with Gasteiger partial charge in [-0.2, -0.15) is 0 Å². The van der Waals surface area contributed by atoms with Gasteiger partial charge >= 0.3 is 0 Å². The van der Waals surface area contributed by atoms with Crippen molar-refractivity contribution in [2.24, 2.45) is 0 Å². The van der Waals surface area contributed by atoms with Crippen LogP contribution in [0, 0.1) is 0 Å². The molecule has 2 N–H and O–H groups in total. The van der Waals surface area contributed by atoms with Crippen molar-refractivity contribution >= 4 is 11.7 Å². The first-order valence-corrected chi connectivity index (χ1v) is 10.1. The maximum atomic E-state index is 12.8. The number of hydrogen-bond donors (Lipinski definition) is 2. The molecular weight excluding hydrogens is 382 g/mol. The lowest BCUT2D eigenvalue weighted by Gasteiger charge is -2.26. The minimum absolute atomic E-state index is 0.157. The molecule has 8 nitrogen and oxygen atoms in total. The number of amides is 1. The summed E-state index contributed by atoms with van der Waals surface area (Å²) in [5, 5.41) is 6.27. The predicted molar refractivity (Wildman–Crippen MR) is 113 cm³/mol. The molecule has 8 heteroatoms. The number of furan rings is 1. The molecule has 1 amide bonds. The number of morpholine rings is 1. The lowest BCUT2D eigenvalue weighted by molar-refractivity contribution is 0.0383. The van der Waals surface area contributed by atoms with E-state index < -0.39 is 0 Å². The van der Waals surface area contributed by atoms with E-state index in [1.165, 1.54) is 0 Å². The van der Waals surface area contributed by atoms with Crippen molar-refractivity contribution in [1.29, 1.82) is 0 Å². The quantitative estimate of drug-likeness (QED) is 0.592. The third-order valence-corrected chi connectivity index (χ3v) is 4.91. The standard InChI is InChI=1S/C22H25N5O3/c28-22(24-8-9-27-10-13-29-14-11-27)18-5-6-19(20-4-2-12-30-20)26-21(18)25-16-17-3-1-7-23-15-17/h1-7,12,15H,8-11,13-14,16H2,(H,24,28)(H,25,26). The highest BCUT2D eigenvalue weighted by Crippen LogP contribution is 2.23. The van der Waals surface area contributed by atoms with Crippen molar-refractivity contribution in [3.8, 4) is 11.5 Å². The van der Waals surface area contributed by atoms with Crippen LogP contribution in [0.1, 0.15) is 15.9 Å². The number of aromatic nitrogens is 2. The van der Waals surface area contributed by atoms with Crippen LogP contribution in [0.2, 0.25) is 0 Å². The Morgan fingerprint density at radius 3 is 2.80 bits per heavy atom. The van der Waals surface area contributed by atoms with Gasteiger partial charge in [0, 0.05) is 45.1 Å². The second kappa shape index (κ2) is 10.00. The van der Waals surface area contributed by atoms with Crippen molar-refractivity contribution < 1.29 is 13.9 Å². The Morgan fingerprint density at radius 2 is 2.03 bits per heavy atom. The Bertz CT molecular complexity index is 941. The number of nitrogens with one attached hydrogen (secondary N) is 2. The van der Waals surface area contributed by atoms with E-state index in [0.29, 0.717) is 35.9 Å². The number of nitrogens with zero attached hydrogens (tertiary/aromatic N) is 3. The van der Waals surface area contributed by atoms with Crippen molar-refractivity contribution in [2.45, 2.75) is 6.54 Å². The average molecular weight is 407 g/mol. The van der Waals surface area contributed by atoms with Gasteiger partial charge < -0.3 is 19.8 Å². The van der Waals surface area contributed by atoms with Crippen molar-refractivity contribution in [3.63, 3.8) is 0 Å². The van der Waals surface area contributed by atoms with Gasteiger partial charge in [-0.25, -0.2) is 4.98 Å². The smallest absolute Gasteiger partial charge is 0.255 e. The molecular formula is C22H25N5O3. The van der Waals surface area contributed by atoms with Crippen molar-refractivity contribution in [3.05, 3.63) is 66.2 Å². The van der Waals surface area contributed by atoms with Crippen LogP contribution in [0.4, 0.5) is 5.82 Å². The fraction of sp³-hybridized carbons (Fsp3) is 0.318. The maximum absolute atomic E-state index is 12.8. The minimum Gasteiger partial charge on any atom is -0.463 e. The highest BCUT2D eigenvalue weighted by molar-refractivity contribution is 5.99. The molecule has 0 bridgehead atoms. The zero-order chi connectivity index (χ0) is 20.6. The van der Waals surface area contributed by atoms with Crippen LogP contribution in [-0.2, 0) is 11.3 Å². The van der Waals surface area contributed by atoms with Gasteiger partial charge in [-0.05, 0) is 35.9 Å². The summed E-state index contributed by atoms with van der Waals surface area (Å²) in [7, 11) is 0. The number of ether oxygens (including phenoxy) is 1. The molecule has 0 unspecified atom stereocenters. The van der Waals surface area contributed by atoms with E-state index in [1.807, 2.05) is 24.3 Å². The Hall–Kier alpha value is -3.23. The van der Waals surface area contributed by atoms with Crippen LogP contribution < -0.4 is 10.6 Å². The summed E-state index contributed by atoms with van der Waals surface area (Å²) in [5.74, 6) is 1.01. The Balaban J connectivity index is 1.46. The first-order valence-electron chi connectivity index (χ1n) is 10.1. The lowest BCUT2D eigenvalue weighted by atomic mass is 10.2. The summed E-state index contributed by atoms with van der Waals surface area (Å²) < 4.78 is 10.8. The van der Waals surface area contributed by atoms with E-state index in [0.717, 1.165) is 38.4 Å². The number of carbonyl (C=O) groups is 1. The van der Waals surface area contributed by atoms with Crippen LogP contribution in [0.25, 0.3) is 11.5 Å². The SMILES string of the molecule is O=C(NCCN1CCOCC1)c1ccc(-c2ccco2)nc1NCc1cccnc1. The van der Waals surface area contributed by atoms with E-state index in [2.05, 4.69) is 25.5 Å². The summed E-state index contributed by atoms with van der Waals surface area (Å²) in [6, 6.07) is 11.1. The van der Waals surface area contributed by atoms with Crippen LogP contribution in [0.5, 0.6) is 0 Å². The van der Waals surface area contributed by atoms with Gasteiger partial charge in [-0.1, -0.05) is 6.07 Å². The van der Waals surface area contributed by atoms with E-state index in [1.54, 1.807) is 30.8 Å². The normalized spacial score (nSPS) is 14.4. The van der Waals surface area contributed by atoms with E-state index in [9.17, 15) is 4.79 Å². The van der Waals surface area contributed by atoms with Crippen LogP contribution >= 0.6 is 0 Å². The molecule has 30 heavy (non-hydrogen) atoms. The molecule has 0 atom stereocenters. The van der Waals surface area contributed by atoms with Crippen molar-refractivity contribution in [1.82, 2.24) is 20.2 Å². The van der Waals surface area contributed by atoms with E-state index in [4.69, 9.17) is 9.15 Å². The van der Waals surface area contributed by atoms with Crippen molar-refractivity contribution in [2.75, 3.05) is 44.7 Å². The van der Waals surface area contributed by atoms with Gasteiger partial charge in [0.1, 0.15) is 11.5 Å². The molecule has 1 fully saturated rings. The van der Waals surface area contributed by atoms with Crippen LogP contribution in [-0.4, -0.2) is 60.2 Å². The highest BCUT2D eigenvalue weighted by atomic mass is 16.5. The van der Waals surface area contributed by atoms with E-state index >= 15 is 0 Å². The summed E-state index contributed by atoms with van der Waals surface area (Å²) >= 11 is 0. The van der Waals surface area contributed by atoms with E-state index in [-0.39, 0.29) is 5.91 Å². The van der Waals surface area contributed by atoms with Gasteiger partial charge in [-0.15, -0.1) is 0 Å². The molecule has 4 heterocycles. The number of hydrogen-bond acceptors (Lipinski definition) is 7. The number of carbonyl (C=O) groups excluding carboxylic acids is 1. The van der Waals surface area contributed by atoms with Gasteiger partial charge in [0.05, 0.1) is 25.0 Å². The molecule has 0 aromatic carbocycles. The molecule has 1 aliphatic rings. The Morgan fingerprint density at radius 1 is 1.13 bits per heavy atom. The molecule has 0 saturated carbocycles. The molecule has 3 aromatic heterocycles. The maximum Gasteiger partial charge on any atom is 0.255 e. The molecule has 0 aliphatic carbocycles. The number of rotatable bonds is 8. The summed E-state index contributed by atoms with van der Waals surface area (Å²) in [4.78, 5) is 23.9. The summed E-state index contributed by atoms with van der Waals surface area (Å²) in [5.41, 5.74) is 2.16. The molecule has 1 saturated heterocycles. The number of anilines is 1. The second-order valence-corrected chi connectivity index (χ2v) is 6.99. The third kappa shape index (κ3) is 5.22. The van der Waals surface area contributed by atoms with Gasteiger partial charge in [0.2, 0.25) is 0 Å². The molecule has 156 valence electrons. The highest BCUT2D eigenvalue weighted by Gasteiger charge is 2.16. The van der Waals surface area contributed by atoms with Crippen LogP contribution in [0.3, 0.4) is 0 Å². The summed E-state index contributed by atoms with van der Waals surface area (Å²) in [6.07, 6.45) is 5.12. The Kier molecular flexibility index (Phi) is 6.68. The third-order valence-electron chi connectivity index (χ3n) is 4.91. The Labute approximate surface area is 175 Å². The second-order valence-electron chi connectivity index (χ2n) is 6.99. The zero-order valence-electron chi connectivity index (χ0n) is 16.7. The number of pyridine rings is 2. The molecule has 1 aliphatic heterocycles. The molecule has 0 spiro atoms. The van der Waals surface area contributed by atoms with Gasteiger partial charge in [0.25, 0.3) is 5.91 Å². The fourth-order valence-electron chi connectivity index (χ4n) is 3.27. The largest absolute Gasteiger partial charge is 0.463 e. The average Bonchev–Trinajstić information content (AvgIpc) is 3.34. The first kappa shape index (κ1) is 20.1. The minimum atomic E-state index is -0.157. The van der Waals surface area contributed by atoms with Gasteiger partial charge in [0.15, 0.2) is 5.76 Å². The molecule has 3 aromatic rings. The zero-order valence-corrected chi connectivity index (χ0v) is 16.7. The van der Waals surface area contributed by atoms with Gasteiger partial charge in [-0.3, -0.25) is 14.7 Å². The molecule has 4 rings (SSSR count). The molecule has 0 radical (unpaired) electrons. The topological polar surface area (TPSA) is 92.5 Å². The summed E-state index contributed by atoms with van der Waals surface area (Å²) in [6.45, 7) is 5.16. The predicted octanol–water partition coefficient (Wildman–Crippen LogP) is 2.41. The fourth-order valence-corrected chi connectivity index (χ4v) is 3.27. The monoisotopic (exact) mass is 407 g/mol. The van der Waals surface area contributed by atoms with Crippen LogP contribution in [0.15, 0.2) is 59.5 Å².